The maximum atomic E-state index is 12.5. The van der Waals surface area contributed by atoms with Crippen LogP contribution < -0.4 is 4.90 Å². The molecule has 1 N–H and O–H groups in total. The molecule has 2 rings (SSSR count). The Morgan fingerprint density at radius 2 is 1.73 bits per heavy atom. The Labute approximate surface area is 129 Å². The van der Waals surface area contributed by atoms with Gasteiger partial charge in [-0.05, 0) is 49.5 Å². The molecule has 0 saturated carbocycles. The van der Waals surface area contributed by atoms with Gasteiger partial charge < -0.3 is 10.0 Å². The normalized spacial score (nSPS) is 19.2. The first-order valence-corrected chi connectivity index (χ1v) is 7.51. The summed E-state index contributed by atoms with van der Waals surface area (Å²) in [4.78, 5) is 4.16. The molecule has 22 heavy (non-hydrogen) atoms. The number of halogens is 3. The van der Waals surface area contributed by atoms with Gasteiger partial charge in [0.2, 0.25) is 0 Å². The van der Waals surface area contributed by atoms with Crippen molar-refractivity contribution in [2.24, 2.45) is 5.92 Å². The molecule has 0 amide bonds. The molecule has 0 spiro atoms. The van der Waals surface area contributed by atoms with E-state index < -0.39 is 18.2 Å². The van der Waals surface area contributed by atoms with Crippen LogP contribution >= 0.6 is 0 Å². The van der Waals surface area contributed by atoms with Gasteiger partial charge in [-0.15, -0.1) is 0 Å². The zero-order valence-electron chi connectivity index (χ0n) is 13.0. The van der Waals surface area contributed by atoms with Gasteiger partial charge in [0, 0.05) is 26.3 Å². The highest BCUT2D eigenvalue weighted by molar-refractivity contribution is 5.45. The summed E-state index contributed by atoms with van der Waals surface area (Å²) in [6.07, 6.45) is -5.92. The topological polar surface area (TPSA) is 26.7 Å². The van der Waals surface area contributed by atoms with Crippen molar-refractivity contribution in [1.29, 1.82) is 0 Å². The molecule has 3 nitrogen and oxygen atoms in total. The van der Waals surface area contributed by atoms with Crippen molar-refractivity contribution in [2.75, 3.05) is 32.1 Å². The predicted octanol–water partition coefficient (Wildman–Crippen LogP) is 2.89. The van der Waals surface area contributed by atoms with E-state index in [2.05, 4.69) is 4.90 Å². The van der Waals surface area contributed by atoms with Gasteiger partial charge in [0.05, 0.1) is 0 Å². The minimum absolute atomic E-state index is 0.385. The molecule has 1 aromatic rings. The summed E-state index contributed by atoms with van der Waals surface area (Å²) in [5, 5.41) is 9.32. The second kappa shape index (κ2) is 6.87. The lowest BCUT2D eigenvalue weighted by molar-refractivity contribution is -0.223. The molecular formula is C16H23F3N2O. The van der Waals surface area contributed by atoms with Crippen molar-refractivity contribution in [2.45, 2.75) is 31.7 Å². The third-order valence-corrected chi connectivity index (χ3v) is 4.27. The van der Waals surface area contributed by atoms with Gasteiger partial charge in [-0.25, -0.2) is 0 Å². The molecule has 1 aromatic carbocycles. The van der Waals surface area contributed by atoms with E-state index >= 15 is 0 Å². The molecule has 1 aliphatic heterocycles. The Morgan fingerprint density at radius 3 is 2.18 bits per heavy atom. The average Bonchev–Trinajstić information content (AvgIpc) is 2.47. The molecule has 1 atom stereocenters. The molecular weight excluding hydrogens is 293 g/mol. The van der Waals surface area contributed by atoms with Crippen LogP contribution in [0.5, 0.6) is 0 Å². The number of piperidine rings is 1. The van der Waals surface area contributed by atoms with E-state index in [4.69, 9.17) is 0 Å². The largest absolute Gasteiger partial charge is 0.414 e. The molecule has 1 aliphatic rings. The fourth-order valence-electron chi connectivity index (χ4n) is 2.85. The molecule has 6 heteroatoms. The van der Waals surface area contributed by atoms with Gasteiger partial charge in [0.15, 0.2) is 6.10 Å². The van der Waals surface area contributed by atoms with Crippen LogP contribution in [0.3, 0.4) is 0 Å². The number of aliphatic hydroxyl groups is 1. The van der Waals surface area contributed by atoms with Crippen LogP contribution in [0, 0.1) is 5.92 Å². The summed E-state index contributed by atoms with van der Waals surface area (Å²) in [5.74, 6) is -0.674. The van der Waals surface area contributed by atoms with E-state index in [0.29, 0.717) is 25.9 Å². The van der Waals surface area contributed by atoms with Gasteiger partial charge in [-0.2, -0.15) is 13.2 Å². The van der Waals surface area contributed by atoms with Crippen LogP contribution in [0.4, 0.5) is 18.9 Å². The molecule has 0 aromatic heterocycles. The third kappa shape index (κ3) is 4.36. The second-order valence-electron chi connectivity index (χ2n) is 6.16. The summed E-state index contributed by atoms with van der Waals surface area (Å²) < 4.78 is 37.5. The predicted molar refractivity (Wildman–Crippen MR) is 80.8 cm³/mol. The lowest BCUT2D eigenvalue weighted by Gasteiger charge is -2.34. The lowest BCUT2D eigenvalue weighted by atomic mass is 9.90. The first kappa shape index (κ1) is 17.1. The monoisotopic (exact) mass is 316 g/mol. The summed E-state index contributed by atoms with van der Waals surface area (Å²) in [7, 11) is 3.96. The Balaban J connectivity index is 1.85. The van der Waals surface area contributed by atoms with Gasteiger partial charge in [-0.1, -0.05) is 12.1 Å². The summed E-state index contributed by atoms with van der Waals surface area (Å²) in [6.45, 7) is 1.92. The number of rotatable bonds is 4. The van der Waals surface area contributed by atoms with Gasteiger partial charge in [0.25, 0.3) is 0 Å². The van der Waals surface area contributed by atoms with Gasteiger partial charge in [-0.3, -0.25) is 4.90 Å². The lowest BCUT2D eigenvalue weighted by Crippen LogP contribution is -2.43. The quantitative estimate of drug-likeness (QED) is 0.925. The van der Waals surface area contributed by atoms with E-state index in [0.717, 1.165) is 17.8 Å². The number of anilines is 1. The maximum Gasteiger partial charge on any atom is 0.414 e. The van der Waals surface area contributed by atoms with Crippen molar-refractivity contribution >= 4 is 5.69 Å². The highest BCUT2D eigenvalue weighted by Gasteiger charge is 2.44. The number of hydrogen-bond donors (Lipinski definition) is 1. The fraction of sp³-hybridized carbons (Fsp3) is 0.625. The number of aliphatic hydroxyl groups excluding tert-OH is 1. The Bertz CT molecular complexity index is 465. The van der Waals surface area contributed by atoms with Crippen LogP contribution in [-0.2, 0) is 6.54 Å². The highest BCUT2D eigenvalue weighted by atomic mass is 19.4. The standard InChI is InChI=1S/C16H23F3N2O/c1-20(2)14-5-3-12(4-6-14)11-21-9-7-13(8-10-21)15(22)16(17,18)19/h3-6,13,15,22H,7-11H2,1-2H3. The zero-order chi connectivity index (χ0) is 16.3. The zero-order valence-corrected chi connectivity index (χ0v) is 13.0. The Kier molecular flexibility index (Phi) is 5.34. The van der Waals surface area contributed by atoms with Crippen LogP contribution in [0.1, 0.15) is 18.4 Å². The van der Waals surface area contributed by atoms with E-state index in [1.165, 1.54) is 0 Å². The minimum Gasteiger partial charge on any atom is -0.383 e. The molecule has 0 aliphatic carbocycles. The first-order valence-electron chi connectivity index (χ1n) is 7.51. The van der Waals surface area contributed by atoms with Crippen molar-refractivity contribution in [1.82, 2.24) is 4.90 Å². The van der Waals surface area contributed by atoms with Gasteiger partial charge >= 0.3 is 6.18 Å². The van der Waals surface area contributed by atoms with E-state index in [1.807, 2.05) is 43.3 Å². The fourth-order valence-corrected chi connectivity index (χ4v) is 2.85. The van der Waals surface area contributed by atoms with Crippen molar-refractivity contribution < 1.29 is 18.3 Å². The minimum atomic E-state index is -4.51. The number of alkyl halides is 3. The SMILES string of the molecule is CN(C)c1ccc(CN2CCC(C(O)C(F)(F)F)CC2)cc1. The molecule has 0 bridgehead atoms. The van der Waals surface area contributed by atoms with E-state index in [1.54, 1.807) is 0 Å². The Morgan fingerprint density at radius 1 is 1.18 bits per heavy atom. The number of nitrogens with zero attached hydrogens (tertiary/aromatic N) is 2. The second-order valence-corrected chi connectivity index (χ2v) is 6.16. The van der Waals surface area contributed by atoms with E-state index in [-0.39, 0.29) is 0 Å². The van der Waals surface area contributed by atoms with E-state index in [9.17, 15) is 18.3 Å². The summed E-state index contributed by atoms with van der Waals surface area (Å²) >= 11 is 0. The Hall–Kier alpha value is -1.27. The van der Waals surface area contributed by atoms with Crippen LogP contribution in [0.2, 0.25) is 0 Å². The van der Waals surface area contributed by atoms with Gasteiger partial charge in [0.1, 0.15) is 0 Å². The number of likely N-dealkylation sites (tertiary alicyclic amines) is 1. The first-order chi connectivity index (χ1) is 10.3. The van der Waals surface area contributed by atoms with Crippen LogP contribution in [0.25, 0.3) is 0 Å². The molecule has 0 radical (unpaired) electrons. The smallest absolute Gasteiger partial charge is 0.383 e. The number of hydrogen-bond acceptors (Lipinski definition) is 3. The maximum absolute atomic E-state index is 12.5. The van der Waals surface area contributed by atoms with Crippen molar-refractivity contribution in [3.63, 3.8) is 0 Å². The molecule has 124 valence electrons. The highest BCUT2D eigenvalue weighted by Crippen LogP contribution is 2.31. The molecule has 1 fully saturated rings. The number of benzene rings is 1. The molecule has 1 heterocycles. The molecule has 1 unspecified atom stereocenters. The van der Waals surface area contributed by atoms with Crippen molar-refractivity contribution in [3.8, 4) is 0 Å². The van der Waals surface area contributed by atoms with Crippen LogP contribution in [-0.4, -0.2) is 49.5 Å². The van der Waals surface area contributed by atoms with Crippen molar-refractivity contribution in [3.05, 3.63) is 29.8 Å². The molecule has 1 saturated heterocycles. The summed E-state index contributed by atoms with van der Waals surface area (Å²) in [6, 6.07) is 8.17. The third-order valence-electron chi connectivity index (χ3n) is 4.27. The average molecular weight is 316 g/mol. The van der Waals surface area contributed by atoms with Crippen LogP contribution in [0.15, 0.2) is 24.3 Å². The summed E-state index contributed by atoms with van der Waals surface area (Å²) in [5.41, 5.74) is 2.27.